The number of fused-ring (bicyclic) bond motifs is 5. The van der Waals surface area contributed by atoms with E-state index in [1.807, 2.05) is 29.7 Å². The molecule has 0 spiro atoms. The summed E-state index contributed by atoms with van der Waals surface area (Å²) >= 11 is 0. The molecule has 1 amide bonds. The fraction of sp³-hybridized carbons (Fsp3) is 0.421. The van der Waals surface area contributed by atoms with Gasteiger partial charge in [-0.25, -0.2) is 0 Å². The van der Waals surface area contributed by atoms with Crippen molar-refractivity contribution in [2.75, 3.05) is 13.1 Å². The number of amides is 1. The van der Waals surface area contributed by atoms with Crippen molar-refractivity contribution >= 4 is 5.91 Å². The molecular formula is C19H20N4O. The van der Waals surface area contributed by atoms with Crippen molar-refractivity contribution in [1.82, 2.24) is 19.7 Å². The van der Waals surface area contributed by atoms with Gasteiger partial charge in [0, 0.05) is 13.1 Å². The van der Waals surface area contributed by atoms with Crippen molar-refractivity contribution < 1.29 is 4.79 Å². The number of aryl methyl sites for hydroxylation is 1. The molecule has 5 heteroatoms. The predicted octanol–water partition coefficient (Wildman–Crippen LogP) is 2.47. The van der Waals surface area contributed by atoms with Crippen LogP contribution in [0, 0.1) is 30.6 Å². The van der Waals surface area contributed by atoms with Crippen LogP contribution in [0.25, 0.3) is 5.69 Å². The van der Waals surface area contributed by atoms with Crippen LogP contribution in [0.4, 0.5) is 0 Å². The summed E-state index contributed by atoms with van der Waals surface area (Å²) in [7, 11) is 0. The van der Waals surface area contributed by atoms with Gasteiger partial charge in [-0.3, -0.25) is 9.36 Å². The topological polar surface area (TPSA) is 51.0 Å². The van der Waals surface area contributed by atoms with Crippen molar-refractivity contribution in [3.63, 3.8) is 0 Å². The number of benzene rings is 1. The van der Waals surface area contributed by atoms with Crippen LogP contribution in [-0.4, -0.2) is 38.7 Å². The minimum atomic E-state index is 0.135. The van der Waals surface area contributed by atoms with E-state index in [2.05, 4.69) is 27.2 Å². The first-order chi connectivity index (χ1) is 11.7. The SMILES string of the molecule is Cc1ccc(-n2cnnc2)c(C(=O)N2C[C@@H]3C4C=CC(C4)[C@@H]3C2)c1. The number of hydrogen-bond acceptors (Lipinski definition) is 3. The molecule has 5 rings (SSSR count). The van der Waals surface area contributed by atoms with Crippen molar-refractivity contribution in [1.29, 1.82) is 0 Å². The van der Waals surface area contributed by atoms with E-state index in [4.69, 9.17) is 0 Å². The van der Waals surface area contributed by atoms with Gasteiger partial charge in [0.1, 0.15) is 12.7 Å². The van der Waals surface area contributed by atoms with Crippen molar-refractivity contribution in [2.45, 2.75) is 13.3 Å². The van der Waals surface area contributed by atoms with Crippen molar-refractivity contribution in [3.05, 3.63) is 54.1 Å². The molecule has 1 saturated carbocycles. The van der Waals surface area contributed by atoms with E-state index in [-0.39, 0.29) is 5.91 Å². The summed E-state index contributed by atoms with van der Waals surface area (Å²) in [6, 6.07) is 5.99. The van der Waals surface area contributed by atoms with Gasteiger partial charge in [-0.15, -0.1) is 10.2 Å². The normalized spacial score (nSPS) is 30.1. The fourth-order valence-corrected chi connectivity index (χ4v) is 4.86. The summed E-state index contributed by atoms with van der Waals surface area (Å²) in [5.74, 6) is 2.83. The first-order valence-electron chi connectivity index (χ1n) is 8.64. The lowest BCUT2D eigenvalue weighted by Gasteiger charge is -2.20. The molecule has 2 fully saturated rings. The van der Waals surface area contributed by atoms with Crippen LogP contribution in [-0.2, 0) is 0 Å². The van der Waals surface area contributed by atoms with Crippen LogP contribution in [0.5, 0.6) is 0 Å². The first kappa shape index (κ1) is 14.0. The largest absolute Gasteiger partial charge is 0.338 e. The van der Waals surface area contributed by atoms with E-state index in [0.717, 1.165) is 29.9 Å². The maximum Gasteiger partial charge on any atom is 0.256 e. The number of aromatic nitrogens is 3. The number of rotatable bonds is 2. The molecule has 5 nitrogen and oxygen atoms in total. The summed E-state index contributed by atoms with van der Waals surface area (Å²) in [5, 5.41) is 7.75. The molecule has 2 aromatic rings. The minimum absolute atomic E-state index is 0.135. The van der Waals surface area contributed by atoms with Crippen LogP contribution in [0.3, 0.4) is 0 Å². The number of carbonyl (C=O) groups excluding carboxylic acids is 1. The van der Waals surface area contributed by atoms with Crippen LogP contribution in [0.2, 0.25) is 0 Å². The van der Waals surface area contributed by atoms with Crippen molar-refractivity contribution in [2.24, 2.45) is 23.7 Å². The second-order valence-electron chi connectivity index (χ2n) is 7.38. The fourth-order valence-electron chi connectivity index (χ4n) is 4.86. The van der Waals surface area contributed by atoms with Gasteiger partial charge in [0.05, 0.1) is 11.3 Å². The Labute approximate surface area is 141 Å². The average Bonchev–Trinajstić information content (AvgIpc) is 3.35. The third-order valence-corrected chi connectivity index (χ3v) is 6.03. The molecule has 2 heterocycles. The predicted molar refractivity (Wildman–Crippen MR) is 89.7 cm³/mol. The highest BCUT2D eigenvalue weighted by Gasteiger charge is 2.50. The third-order valence-electron chi connectivity index (χ3n) is 6.03. The Morgan fingerprint density at radius 3 is 2.42 bits per heavy atom. The molecule has 1 aromatic carbocycles. The van der Waals surface area contributed by atoms with E-state index in [9.17, 15) is 4.79 Å². The lowest BCUT2D eigenvalue weighted by atomic mass is 9.86. The molecule has 3 aliphatic rings. The van der Waals surface area contributed by atoms with Gasteiger partial charge in [0.2, 0.25) is 0 Å². The molecule has 2 aliphatic carbocycles. The Hall–Kier alpha value is -2.43. The van der Waals surface area contributed by atoms with Gasteiger partial charge in [-0.2, -0.15) is 0 Å². The molecule has 122 valence electrons. The molecule has 0 radical (unpaired) electrons. The molecule has 2 bridgehead atoms. The number of hydrogen-bond donors (Lipinski definition) is 0. The lowest BCUT2D eigenvalue weighted by Crippen LogP contribution is -2.31. The maximum absolute atomic E-state index is 13.2. The monoisotopic (exact) mass is 320 g/mol. The Morgan fingerprint density at radius 2 is 1.75 bits per heavy atom. The average molecular weight is 320 g/mol. The van der Waals surface area contributed by atoms with Crippen molar-refractivity contribution in [3.8, 4) is 5.69 Å². The molecule has 1 saturated heterocycles. The standard InChI is InChI=1S/C19H20N4O/c1-12-2-5-18(23-10-20-21-11-23)15(6-12)19(24)22-8-16-13-3-4-14(7-13)17(16)9-22/h2-6,10-11,13-14,16-17H,7-9H2,1H3/t13?,14?,16-,17+. The van der Waals surface area contributed by atoms with E-state index in [0.29, 0.717) is 23.7 Å². The molecule has 2 unspecified atom stereocenters. The van der Waals surface area contributed by atoms with Crippen LogP contribution in [0.15, 0.2) is 43.0 Å². The van der Waals surface area contributed by atoms with E-state index < -0.39 is 0 Å². The van der Waals surface area contributed by atoms with Gasteiger partial charge >= 0.3 is 0 Å². The summed E-state index contributed by atoms with van der Waals surface area (Å²) < 4.78 is 1.81. The van der Waals surface area contributed by atoms with Gasteiger partial charge < -0.3 is 4.90 Å². The number of allylic oxidation sites excluding steroid dienone is 2. The van der Waals surface area contributed by atoms with Gasteiger partial charge in [0.15, 0.2) is 0 Å². The second kappa shape index (κ2) is 5.03. The Kier molecular flexibility index (Phi) is 2.93. The van der Waals surface area contributed by atoms with Gasteiger partial charge in [-0.05, 0) is 49.1 Å². The number of nitrogens with zero attached hydrogens (tertiary/aromatic N) is 4. The number of carbonyl (C=O) groups is 1. The molecule has 24 heavy (non-hydrogen) atoms. The molecule has 1 aliphatic heterocycles. The Morgan fingerprint density at radius 1 is 1.08 bits per heavy atom. The molecule has 0 N–H and O–H groups in total. The van der Waals surface area contributed by atoms with Crippen LogP contribution in [0.1, 0.15) is 22.3 Å². The highest BCUT2D eigenvalue weighted by Crippen LogP contribution is 2.51. The zero-order valence-corrected chi connectivity index (χ0v) is 13.7. The van der Waals surface area contributed by atoms with Gasteiger partial charge in [-0.1, -0.05) is 23.8 Å². The summed E-state index contributed by atoms with van der Waals surface area (Å²) in [6.45, 7) is 3.81. The van der Waals surface area contributed by atoms with E-state index >= 15 is 0 Å². The summed E-state index contributed by atoms with van der Waals surface area (Å²) in [5.41, 5.74) is 2.69. The zero-order chi connectivity index (χ0) is 16.3. The van der Waals surface area contributed by atoms with Crippen LogP contribution >= 0.6 is 0 Å². The smallest absolute Gasteiger partial charge is 0.256 e. The maximum atomic E-state index is 13.2. The minimum Gasteiger partial charge on any atom is -0.338 e. The second-order valence-corrected chi connectivity index (χ2v) is 7.38. The highest BCUT2D eigenvalue weighted by atomic mass is 16.2. The molecule has 4 atom stereocenters. The Bertz CT molecular complexity index is 806. The van der Waals surface area contributed by atoms with Crippen LogP contribution < -0.4 is 0 Å². The zero-order valence-electron chi connectivity index (χ0n) is 13.7. The third kappa shape index (κ3) is 1.97. The first-order valence-corrected chi connectivity index (χ1v) is 8.64. The summed E-state index contributed by atoms with van der Waals surface area (Å²) in [6.07, 6.45) is 9.33. The van der Waals surface area contributed by atoms with E-state index in [1.54, 1.807) is 12.7 Å². The van der Waals surface area contributed by atoms with Gasteiger partial charge in [0.25, 0.3) is 5.91 Å². The number of likely N-dealkylation sites (tertiary alicyclic amines) is 1. The summed E-state index contributed by atoms with van der Waals surface area (Å²) in [4.78, 5) is 15.3. The van der Waals surface area contributed by atoms with E-state index in [1.165, 1.54) is 6.42 Å². The quantitative estimate of drug-likeness (QED) is 0.799. The molecule has 1 aromatic heterocycles. The molecular weight excluding hydrogens is 300 g/mol. The highest BCUT2D eigenvalue weighted by molar-refractivity contribution is 5.98. The Balaban J connectivity index is 1.47. The lowest BCUT2D eigenvalue weighted by molar-refractivity contribution is 0.0777.